The van der Waals surface area contributed by atoms with E-state index in [1.165, 1.54) is 18.2 Å². The minimum absolute atomic E-state index is 0.0289. The number of phenolic OH excluding ortho intramolecular Hbond substituents is 1. The number of sulfonamides is 1. The third kappa shape index (κ3) is 4.06. The van der Waals surface area contributed by atoms with Crippen LogP contribution in [0.1, 0.15) is 5.56 Å². The van der Waals surface area contributed by atoms with E-state index in [0.717, 1.165) is 24.3 Å². The number of aromatic hydroxyl groups is 1. The molecule has 0 spiro atoms. The number of anilines is 1. The fourth-order valence-electron chi connectivity index (χ4n) is 1.83. The number of aryl methyl sites for hydroxylation is 1. The maximum atomic E-state index is 12.4. The number of halogens is 3. The van der Waals surface area contributed by atoms with Crippen molar-refractivity contribution in [2.75, 3.05) is 4.72 Å². The topological polar surface area (TPSA) is 83.5 Å². The lowest BCUT2D eigenvalue weighted by atomic mass is 10.2. The highest BCUT2D eigenvalue weighted by molar-refractivity contribution is 7.92. The lowest BCUT2D eigenvalue weighted by molar-refractivity contribution is -0.0384. The first-order valence-corrected chi connectivity index (χ1v) is 9.05. The van der Waals surface area contributed by atoms with E-state index < -0.39 is 37.0 Å². The number of nitrogens with one attached hydrogen (secondary N) is 1. The standard InChI is InChI=1S/C14H12F3NO4S2/c1-9-2-7-12(19)13(8-9)24(21,22)18-10-3-5-11(6-4-10)23(20)14(15,16)17/h2-8,18-19H,1H3/t23-/m0/s1. The second-order valence-electron chi connectivity index (χ2n) is 4.82. The molecule has 2 rings (SSSR count). The largest absolute Gasteiger partial charge is 0.507 e. The van der Waals surface area contributed by atoms with Crippen molar-refractivity contribution in [3.05, 3.63) is 48.0 Å². The average Bonchev–Trinajstić information content (AvgIpc) is 2.48. The van der Waals surface area contributed by atoms with Crippen molar-refractivity contribution in [3.8, 4) is 5.75 Å². The van der Waals surface area contributed by atoms with Gasteiger partial charge in [0.1, 0.15) is 10.6 Å². The lowest BCUT2D eigenvalue weighted by Crippen LogP contribution is -2.16. The Morgan fingerprint density at radius 1 is 1.08 bits per heavy atom. The molecular formula is C14H12F3NO4S2. The summed E-state index contributed by atoms with van der Waals surface area (Å²) < 4.78 is 74.9. The molecule has 5 nitrogen and oxygen atoms in total. The van der Waals surface area contributed by atoms with Crippen molar-refractivity contribution in [1.29, 1.82) is 0 Å². The van der Waals surface area contributed by atoms with Crippen LogP contribution < -0.4 is 4.72 Å². The second-order valence-corrected chi connectivity index (χ2v) is 7.94. The Morgan fingerprint density at radius 2 is 1.67 bits per heavy atom. The molecule has 0 fully saturated rings. The number of alkyl halides is 3. The van der Waals surface area contributed by atoms with Crippen LogP contribution in [0.5, 0.6) is 5.75 Å². The summed E-state index contributed by atoms with van der Waals surface area (Å²) >= 11 is 0. The van der Waals surface area contributed by atoms with Crippen LogP contribution in [0.15, 0.2) is 52.3 Å². The highest BCUT2D eigenvalue weighted by atomic mass is 32.2. The summed E-state index contributed by atoms with van der Waals surface area (Å²) in [5.74, 6) is -0.456. The van der Waals surface area contributed by atoms with Gasteiger partial charge in [0.15, 0.2) is 10.8 Å². The molecule has 24 heavy (non-hydrogen) atoms. The summed E-state index contributed by atoms with van der Waals surface area (Å²) in [6, 6.07) is 7.95. The van der Waals surface area contributed by atoms with Crippen LogP contribution in [-0.2, 0) is 20.8 Å². The molecule has 130 valence electrons. The van der Waals surface area contributed by atoms with Gasteiger partial charge in [-0.15, -0.1) is 0 Å². The maximum absolute atomic E-state index is 12.4. The van der Waals surface area contributed by atoms with Crippen LogP contribution in [0.25, 0.3) is 0 Å². The van der Waals surface area contributed by atoms with E-state index in [4.69, 9.17) is 0 Å². The van der Waals surface area contributed by atoms with Gasteiger partial charge in [-0.1, -0.05) is 6.07 Å². The Labute approximate surface area is 138 Å². The minimum atomic E-state index is -4.89. The Bertz CT molecular complexity index is 878. The number of phenols is 1. The monoisotopic (exact) mass is 379 g/mol. The van der Waals surface area contributed by atoms with Crippen molar-refractivity contribution >= 4 is 26.5 Å². The van der Waals surface area contributed by atoms with Gasteiger partial charge >= 0.3 is 5.51 Å². The molecule has 0 bridgehead atoms. The zero-order valence-electron chi connectivity index (χ0n) is 12.2. The molecule has 0 aliphatic carbocycles. The van der Waals surface area contributed by atoms with Crippen LogP contribution in [0.3, 0.4) is 0 Å². The fraction of sp³-hybridized carbons (Fsp3) is 0.143. The third-order valence-corrected chi connectivity index (χ3v) is 5.47. The van der Waals surface area contributed by atoms with Crippen LogP contribution >= 0.6 is 0 Å². The number of hydrogen-bond acceptors (Lipinski definition) is 4. The van der Waals surface area contributed by atoms with E-state index in [-0.39, 0.29) is 10.6 Å². The molecule has 2 aromatic carbocycles. The van der Waals surface area contributed by atoms with Crippen molar-refractivity contribution in [1.82, 2.24) is 0 Å². The molecule has 0 amide bonds. The Hall–Kier alpha value is -2.07. The van der Waals surface area contributed by atoms with E-state index in [2.05, 4.69) is 4.72 Å². The highest BCUT2D eigenvalue weighted by Crippen LogP contribution is 2.28. The van der Waals surface area contributed by atoms with Gasteiger partial charge in [-0.05, 0) is 48.9 Å². The first-order chi connectivity index (χ1) is 11.0. The quantitative estimate of drug-likeness (QED) is 0.855. The third-order valence-electron chi connectivity index (χ3n) is 2.94. The van der Waals surface area contributed by atoms with Gasteiger partial charge in [0.05, 0.1) is 0 Å². The van der Waals surface area contributed by atoms with E-state index in [1.54, 1.807) is 6.92 Å². The van der Waals surface area contributed by atoms with Gasteiger partial charge in [0.25, 0.3) is 10.0 Å². The SMILES string of the molecule is Cc1ccc(O)c(S(=O)(=O)Nc2ccc([S@](=O)C(F)(F)F)cc2)c1. The molecular weight excluding hydrogens is 367 g/mol. The molecule has 0 radical (unpaired) electrons. The van der Waals surface area contributed by atoms with Gasteiger partial charge in [0.2, 0.25) is 0 Å². The molecule has 0 aromatic heterocycles. The molecule has 0 unspecified atom stereocenters. The molecule has 2 N–H and O–H groups in total. The molecule has 0 saturated carbocycles. The Morgan fingerprint density at radius 3 is 2.21 bits per heavy atom. The van der Waals surface area contributed by atoms with Gasteiger partial charge in [0, 0.05) is 10.6 Å². The van der Waals surface area contributed by atoms with Crippen molar-refractivity contribution in [3.63, 3.8) is 0 Å². The second kappa shape index (κ2) is 6.44. The van der Waals surface area contributed by atoms with Gasteiger partial charge in [-0.2, -0.15) is 13.2 Å². The van der Waals surface area contributed by atoms with Gasteiger partial charge in [-0.3, -0.25) is 4.72 Å². The molecule has 0 heterocycles. The first kappa shape index (κ1) is 18.3. The molecule has 10 heteroatoms. The number of rotatable bonds is 4. The number of hydrogen-bond donors (Lipinski definition) is 2. The van der Waals surface area contributed by atoms with Gasteiger partial charge in [-0.25, -0.2) is 12.6 Å². The van der Waals surface area contributed by atoms with E-state index in [1.807, 2.05) is 0 Å². The summed E-state index contributed by atoms with van der Waals surface area (Å²) in [5.41, 5.74) is -4.32. The summed E-state index contributed by atoms with van der Waals surface area (Å²) in [6.45, 7) is 1.64. The molecule has 0 saturated heterocycles. The highest BCUT2D eigenvalue weighted by Gasteiger charge is 2.37. The molecule has 2 aromatic rings. The van der Waals surface area contributed by atoms with E-state index in [0.29, 0.717) is 5.56 Å². The van der Waals surface area contributed by atoms with Crippen LogP contribution in [-0.4, -0.2) is 23.2 Å². The summed E-state index contributed by atoms with van der Waals surface area (Å²) in [6.07, 6.45) is 0. The van der Waals surface area contributed by atoms with Crippen LogP contribution in [0, 0.1) is 6.92 Å². The number of benzene rings is 2. The Balaban J connectivity index is 2.28. The summed E-state index contributed by atoms with van der Waals surface area (Å²) in [4.78, 5) is -0.853. The fourth-order valence-corrected chi connectivity index (χ4v) is 3.72. The summed E-state index contributed by atoms with van der Waals surface area (Å²) in [7, 11) is -7.32. The predicted molar refractivity (Wildman–Crippen MR) is 82.6 cm³/mol. The van der Waals surface area contributed by atoms with Crippen LogP contribution in [0.4, 0.5) is 18.9 Å². The maximum Gasteiger partial charge on any atom is 0.475 e. The lowest BCUT2D eigenvalue weighted by Gasteiger charge is -2.11. The van der Waals surface area contributed by atoms with Crippen LogP contribution in [0.2, 0.25) is 0 Å². The van der Waals surface area contributed by atoms with Crippen molar-refractivity contribution in [2.24, 2.45) is 0 Å². The zero-order chi connectivity index (χ0) is 18.1. The average molecular weight is 379 g/mol. The zero-order valence-corrected chi connectivity index (χ0v) is 13.8. The molecule has 0 aliphatic rings. The normalized spacial score (nSPS) is 13.5. The molecule has 0 aliphatic heterocycles. The first-order valence-electron chi connectivity index (χ1n) is 6.42. The Kier molecular flexibility index (Phi) is 4.90. The molecule has 1 atom stereocenters. The van der Waals surface area contributed by atoms with Crippen molar-refractivity contribution < 1.29 is 30.9 Å². The minimum Gasteiger partial charge on any atom is -0.507 e. The van der Waals surface area contributed by atoms with Gasteiger partial charge < -0.3 is 5.11 Å². The van der Waals surface area contributed by atoms with E-state index in [9.17, 15) is 30.9 Å². The van der Waals surface area contributed by atoms with E-state index >= 15 is 0 Å². The summed E-state index contributed by atoms with van der Waals surface area (Å²) in [5, 5.41) is 9.67. The predicted octanol–water partition coefficient (Wildman–Crippen LogP) is 3.13. The van der Waals surface area contributed by atoms with Crippen molar-refractivity contribution in [2.45, 2.75) is 22.2 Å². The smallest absolute Gasteiger partial charge is 0.475 e.